The zero-order valence-corrected chi connectivity index (χ0v) is 14.7. The Labute approximate surface area is 149 Å². The zero-order chi connectivity index (χ0) is 17.4. The van der Waals surface area contributed by atoms with Gasteiger partial charge in [0, 0.05) is 10.9 Å². The molecule has 24 heavy (non-hydrogen) atoms. The highest BCUT2D eigenvalue weighted by Gasteiger charge is 2.18. The Balaban J connectivity index is 1.83. The average molecular weight is 391 g/mol. The van der Waals surface area contributed by atoms with Gasteiger partial charge in [0.2, 0.25) is 11.8 Å². The van der Waals surface area contributed by atoms with Crippen molar-refractivity contribution in [2.24, 2.45) is 5.73 Å². The second-order valence-electron chi connectivity index (χ2n) is 5.33. The fourth-order valence-electron chi connectivity index (χ4n) is 2.19. The number of ether oxygens (including phenoxy) is 1. The molecule has 0 bridgehead atoms. The molecule has 0 aliphatic rings. The topological polar surface area (TPSA) is 81.4 Å². The highest BCUT2D eigenvalue weighted by atomic mass is 79.9. The van der Waals surface area contributed by atoms with Crippen molar-refractivity contribution in [3.05, 3.63) is 70.2 Å². The highest BCUT2D eigenvalue weighted by Crippen LogP contribution is 2.13. The van der Waals surface area contributed by atoms with Crippen molar-refractivity contribution in [3.63, 3.8) is 0 Å². The summed E-state index contributed by atoms with van der Waals surface area (Å²) < 4.78 is 6.26. The SMILES string of the molecule is NC(=O)[C@H](Cc1cccc(Br)c1)NC(=O)COCc1ccccc1. The second-order valence-corrected chi connectivity index (χ2v) is 6.25. The molecule has 2 aromatic carbocycles. The van der Waals surface area contributed by atoms with Crippen LogP contribution in [0.15, 0.2) is 59.1 Å². The van der Waals surface area contributed by atoms with Gasteiger partial charge in [0.25, 0.3) is 0 Å². The normalized spacial score (nSPS) is 11.7. The third-order valence-corrected chi connectivity index (χ3v) is 3.85. The van der Waals surface area contributed by atoms with Crippen LogP contribution in [0.5, 0.6) is 0 Å². The lowest BCUT2D eigenvalue weighted by molar-refractivity contribution is -0.130. The maximum absolute atomic E-state index is 12.0. The number of hydrogen-bond acceptors (Lipinski definition) is 3. The summed E-state index contributed by atoms with van der Waals surface area (Å²) in [6, 6.07) is 16.3. The summed E-state index contributed by atoms with van der Waals surface area (Å²) >= 11 is 3.37. The predicted octanol–water partition coefficient (Wildman–Crippen LogP) is 2.18. The van der Waals surface area contributed by atoms with Gasteiger partial charge in [-0.25, -0.2) is 0 Å². The van der Waals surface area contributed by atoms with Crippen LogP contribution in [0, 0.1) is 0 Å². The Bertz CT molecular complexity index is 692. The number of halogens is 1. The molecular weight excluding hydrogens is 372 g/mol. The van der Waals surface area contributed by atoms with Gasteiger partial charge < -0.3 is 15.8 Å². The molecular formula is C18H19BrN2O3. The smallest absolute Gasteiger partial charge is 0.246 e. The van der Waals surface area contributed by atoms with Gasteiger partial charge >= 0.3 is 0 Å². The summed E-state index contributed by atoms with van der Waals surface area (Å²) in [5.41, 5.74) is 7.26. The van der Waals surface area contributed by atoms with Crippen LogP contribution in [0.3, 0.4) is 0 Å². The molecule has 0 saturated heterocycles. The molecule has 0 fully saturated rings. The molecule has 0 saturated carbocycles. The van der Waals surface area contributed by atoms with Crippen molar-refractivity contribution < 1.29 is 14.3 Å². The molecule has 3 N–H and O–H groups in total. The molecule has 126 valence electrons. The van der Waals surface area contributed by atoms with Gasteiger partial charge in [0.05, 0.1) is 6.61 Å². The van der Waals surface area contributed by atoms with E-state index in [2.05, 4.69) is 21.2 Å². The fourth-order valence-corrected chi connectivity index (χ4v) is 2.64. The third kappa shape index (κ3) is 6.14. The van der Waals surface area contributed by atoms with E-state index in [1.165, 1.54) is 0 Å². The number of primary amides is 1. The number of carbonyl (C=O) groups excluding carboxylic acids is 2. The van der Waals surface area contributed by atoms with Gasteiger partial charge in [-0.05, 0) is 23.3 Å². The van der Waals surface area contributed by atoms with E-state index in [4.69, 9.17) is 10.5 Å². The lowest BCUT2D eigenvalue weighted by Gasteiger charge is -2.16. The lowest BCUT2D eigenvalue weighted by atomic mass is 10.1. The predicted molar refractivity (Wildman–Crippen MR) is 95.1 cm³/mol. The number of rotatable bonds is 8. The molecule has 5 nitrogen and oxygen atoms in total. The molecule has 1 atom stereocenters. The van der Waals surface area contributed by atoms with E-state index in [1.807, 2.05) is 54.6 Å². The fraction of sp³-hybridized carbons (Fsp3) is 0.222. The van der Waals surface area contributed by atoms with Gasteiger partial charge in [0.1, 0.15) is 12.6 Å². The largest absolute Gasteiger partial charge is 0.368 e. The third-order valence-electron chi connectivity index (χ3n) is 3.35. The maximum atomic E-state index is 12.0. The van der Waals surface area contributed by atoms with Crippen molar-refractivity contribution >= 4 is 27.7 Å². The van der Waals surface area contributed by atoms with E-state index in [-0.39, 0.29) is 12.5 Å². The standard InChI is InChI=1S/C18H19BrN2O3/c19-15-8-4-7-14(9-15)10-16(18(20)23)21-17(22)12-24-11-13-5-2-1-3-6-13/h1-9,16H,10-12H2,(H2,20,23)(H,21,22)/t16-/m0/s1. The van der Waals surface area contributed by atoms with E-state index in [1.54, 1.807) is 0 Å². The quantitative estimate of drug-likeness (QED) is 0.724. The van der Waals surface area contributed by atoms with Crippen molar-refractivity contribution in [1.29, 1.82) is 0 Å². The Kier molecular flexibility index (Phi) is 6.96. The molecule has 6 heteroatoms. The first kappa shape index (κ1) is 18.2. The minimum atomic E-state index is -0.771. The first-order valence-corrected chi connectivity index (χ1v) is 8.28. The van der Waals surface area contributed by atoms with Crippen LogP contribution < -0.4 is 11.1 Å². The van der Waals surface area contributed by atoms with Crippen molar-refractivity contribution in [3.8, 4) is 0 Å². The van der Waals surface area contributed by atoms with E-state index in [0.717, 1.165) is 15.6 Å². The van der Waals surface area contributed by atoms with Gasteiger partial charge in [-0.1, -0.05) is 58.4 Å². The molecule has 0 radical (unpaired) electrons. The molecule has 0 aliphatic heterocycles. The molecule has 2 amide bonds. The Hall–Kier alpha value is -2.18. The van der Waals surface area contributed by atoms with E-state index < -0.39 is 11.9 Å². The second kappa shape index (κ2) is 9.20. The Morgan fingerprint density at radius 3 is 2.46 bits per heavy atom. The first-order valence-electron chi connectivity index (χ1n) is 7.49. The summed E-state index contributed by atoms with van der Waals surface area (Å²) in [7, 11) is 0. The Morgan fingerprint density at radius 1 is 1.08 bits per heavy atom. The van der Waals surface area contributed by atoms with Crippen molar-refractivity contribution in [1.82, 2.24) is 5.32 Å². The van der Waals surface area contributed by atoms with Gasteiger partial charge in [0.15, 0.2) is 0 Å². The monoisotopic (exact) mass is 390 g/mol. The number of carbonyl (C=O) groups is 2. The average Bonchev–Trinajstić information content (AvgIpc) is 2.55. The molecule has 0 unspecified atom stereocenters. The molecule has 0 heterocycles. The number of benzene rings is 2. The Morgan fingerprint density at radius 2 is 1.79 bits per heavy atom. The van der Waals surface area contributed by atoms with Crippen LogP contribution in [0.25, 0.3) is 0 Å². The summed E-state index contributed by atoms with van der Waals surface area (Å²) in [5.74, 6) is -0.948. The molecule has 2 aromatic rings. The lowest BCUT2D eigenvalue weighted by Crippen LogP contribution is -2.47. The molecule has 0 spiro atoms. The molecule has 0 aliphatic carbocycles. The van der Waals surface area contributed by atoms with Crippen LogP contribution in [0.1, 0.15) is 11.1 Å². The van der Waals surface area contributed by atoms with Crippen LogP contribution in [0.2, 0.25) is 0 Å². The number of nitrogens with two attached hydrogens (primary N) is 1. The van der Waals surface area contributed by atoms with E-state index in [0.29, 0.717) is 13.0 Å². The van der Waals surface area contributed by atoms with Crippen LogP contribution in [-0.2, 0) is 27.4 Å². The van der Waals surface area contributed by atoms with Crippen LogP contribution >= 0.6 is 15.9 Å². The molecule has 0 aromatic heterocycles. The minimum absolute atomic E-state index is 0.128. The summed E-state index contributed by atoms with van der Waals surface area (Å²) in [4.78, 5) is 23.5. The van der Waals surface area contributed by atoms with Gasteiger partial charge in [-0.15, -0.1) is 0 Å². The van der Waals surface area contributed by atoms with Gasteiger partial charge in [-0.2, -0.15) is 0 Å². The van der Waals surface area contributed by atoms with Crippen LogP contribution in [0.4, 0.5) is 0 Å². The van der Waals surface area contributed by atoms with Gasteiger partial charge in [-0.3, -0.25) is 9.59 Å². The number of hydrogen-bond donors (Lipinski definition) is 2. The maximum Gasteiger partial charge on any atom is 0.246 e. The summed E-state index contributed by atoms with van der Waals surface area (Å²) in [6.07, 6.45) is 0.333. The molecule has 2 rings (SSSR count). The zero-order valence-electron chi connectivity index (χ0n) is 13.1. The number of amides is 2. The van der Waals surface area contributed by atoms with E-state index >= 15 is 0 Å². The summed E-state index contributed by atoms with van der Waals surface area (Å²) in [6.45, 7) is 0.207. The van der Waals surface area contributed by atoms with Crippen molar-refractivity contribution in [2.75, 3.05) is 6.61 Å². The van der Waals surface area contributed by atoms with Crippen LogP contribution in [-0.4, -0.2) is 24.5 Å². The minimum Gasteiger partial charge on any atom is -0.368 e. The number of nitrogens with one attached hydrogen (secondary N) is 1. The van der Waals surface area contributed by atoms with Crippen molar-refractivity contribution in [2.45, 2.75) is 19.1 Å². The first-order chi connectivity index (χ1) is 11.5. The van der Waals surface area contributed by atoms with E-state index in [9.17, 15) is 9.59 Å². The highest BCUT2D eigenvalue weighted by molar-refractivity contribution is 9.10. The summed E-state index contributed by atoms with van der Waals surface area (Å²) in [5, 5.41) is 2.62.